The number of methoxy groups -OCH3 is 1. The molecule has 6 nitrogen and oxygen atoms in total. The number of benzene rings is 1. The summed E-state index contributed by atoms with van der Waals surface area (Å²) in [6.45, 7) is 5.46. The van der Waals surface area contributed by atoms with Crippen molar-refractivity contribution in [3.63, 3.8) is 0 Å². The Balaban J connectivity index is 1.41. The molecule has 1 unspecified atom stereocenters. The van der Waals surface area contributed by atoms with E-state index < -0.39 is 23.8 Å². The first kappa shape index (κ1) is 21.9. The number of ether oxygens (including phenoxy) is 1. The number of aromatic nitrogens is 3. The van der Waals surface area contributed by atoms with E-state index in [2.05, 4.69) is 25.4 Å². The van der Waals surface area contributed by atoms with E-state index in [0.29, 0.717) is 28.5 Å². The molecule has 1 saturated carbocycles. The third-order valence-corrected chi connectivity index (χ3v) is 6.96. The summed E-state index contributed by atoms with van der Waals surface area (Å²) in [6, 6.07) is 5.46. The number of pyridine rings is 1. The Morgan fingerprint density at radius 3 is 2.61 bits per heavy atom. The molecule has 0 amide bonds. The van der Waals surface area contributed by atoms with Crippen molar-refractivity contribution in [3.8, 4) is 0 Å². The molecular weight excluding hydrogens is 431 g/mol. The number of fused-ring (bicyclic) bond motifs is 1. The molecule has 174 valence electrons. The Kier molecular flexibility index (Phi) is 5.39. The highest BCUT2D eigenvalue weighted by Crippen LogP contribution is 2.50. The molecule has 1 aliphatic carbocycles. The fourth-order valence-corrected chi connectivity index (χ4v) is 5.06. The lowest BCUT2D eigenvalue weighted by molar-refractivity contribution is -0.0731. The minimum absolute atomic E-state index is 0.148. The molecule has 9 heteroatoms. The summed E-state index contributed by atoms with van der Waals surface area (Å²) in [5.41, 5.74) is 2.25. The van der Waals surface area contributed by atoms with Crippen molar-refractivity contribution in [1.82, 2.24) is 15.2 Å². The molecule has 1 spiro atoms. The molecule has 0 bridgehead atoms. The summed E-state index contributed by atoms with van der Waals surface area (Å²) >= 11 is 0. The van der Waals surface area contributed by atoms with Gasteiger partial charge in [-0.25, -0.2) is 13.2 Å². The van der Waals surface area contributed by atoms with Crippen LogP contribution in [-0.4, -0.2) is 41.5 Å². The van der Waals surface area contributed by atoms with Gasteiger partial charge >= 0.3 is 0 Å². The smallest absolute Gasteiger partial charge is 0.266 e. The fourth-order valence-electron chi connectivity index (χ4n) is 5.06. The normalized spacial score (nSPS) is 18.5. The Morgan fingerprint density at radius 2 is 1.91 bits per heavy atom. The molecule has 5 rings (SSSR count). The number of hydrogen-bond donors (Lipinski definition) is 1. The van der Waals surface area contributed by atoms with Crippen molar-refractivity contribution in [2.45, 2.75) is 45.3 Å². The highest BCUT2D eigenvalue weighted by atomic mass is 19.3. The maximum absolute atomic E-state index is 14.7. The first-order valence-electron chi connectivity index (χ1n) is 11.0. The van der Waals surface area contributed by atoms with Crippen molar-refractivity contribution in [1.29, 1.82) is 0 Å². The van der Waals surface area contributed by atoms with Crippen molar-refractivity contribution in [2.24, 2.45) is 5.41 Å². The van der Waals surface area contributed by atoms with Gasteiger partial charge < -0.3 is 15.0 Å². The van der Waals surface area contributed by atoms with Gasteiger partial charge in [0.25, 0.3) is 6.43 Å². The molecule has 33 heavy (non-hydrogen) atoms. The van der Waals surface area contributed by atoms with Crippen LogP contribution in [-0.2, 0) is 4.74 Å². The van der Waals surface area contributed by atoms with E-state index in [9.17, 15) is 13.2 Å². The van der Waals surface area contributed by atoms with E-state index in [0.717, 1.165) is 43.1 Å². The zero-order chi connectivity index (χ0) is 23.3. The third kappa shape index (κ3) is 3.78. The van der Waals surface area contributed by atoms with Crippen LogP contribution in [0.15, 0.2) is 30.5 Å². The number of hydrogen-bond acceptors (Lipinski definition) is 6. The molecule has 1 aliphatic heterocycles. The molecule has 0 radical (unpaired) electrons. The molecule has 2 aromatic heterocycles. The van der Waals surface area contributed by atoms with Crippen molar-refractivity contribution < 1.29 is 17.9 Å². The summed E-state index contributed by atoms with van der Waals surface area (Å²) in [5.74, 6) is -0.464. The van der Waals surface area contributed by atoms with Crippen LogP contribution < -0.4 is 10.2 Å². The second kappa shape index (κ2) is 8.13. The first-order chi connectivity index (χ1) is 15.8. The van der Waals surface area contributed by atoms with Crippen molar-refractivity contribution in [3.05, 3.63) is 53.1 Å². The number of nitrogens with zero attached hydrogens (tertiary/aromatic N) is 4. The van der Waals surface area contributed by atoms with Crippen LogP contribution >= 0.6 is 0 Å². The lowest BCUT2D eigenvalue weighted by Gasteiger charge is -2.59. The molecule has 1 aromatic carbocycles. The molecule has 1 atom stereocenters. The Hall–Kier alpha value is -2.94. The molecule has 1 saturated heterocycles. The summed E-state index contributed by atoms with van der Waals surface area (Å²) in [4.78, 5) is 6.90. The SMILES string of the molecule is COC1CC2(C1)CN(c1cnc3c(C)nnc(NC(C)c4cccc(C(F)F)c4F)c3c1)C2. The maximum Gasteiger partial charge on any atom is 0.266 e. The zero-order valence-electron chi connectivity index (χ0n) is 18.8. The number of aryl methyl sites for hydroxylation is 1. The van der Waals surface area contributed by atoms with Gasteiger partial charge in [-0.05, 0) is 32.8 Å². The molecule has 3 aromatic rings. The van der Waals surface area contributed by atoms with E-state index in [1.54, 1.807) is 14.0 Å². The van der Waals surface area contributed by atoms with E-state index in [1.807, 2.05) is 19.2 Å². The van der Waals surface area contributed by atoms with Crippen LogP contribution in [0.3, 0.4) is 0 Å². The van der Waals surface area contributed by atoms with Crippen molar-refractivity contribution in [2.75, 3.05) is 30.4 Å². The van der Waals surface area contributed by atoms with Crippen LogP contribution in [0.5, 0.6) is 0 Å². The van der Waals surface area contributed by atoms with Gasteiger partial charge in [-0.15, -0.1) is 5.10 Å². The van der Waals surface area contributed by atoms with Gasteiger partial charge in [-0.2, -0.15) is 5.10 Å². The van der Waals surface area contributed by atoms with Gasteiger partial charge in [0.2, 0.25) is 0 Å². The molecule has 2 aliphatic rings. The number of anilines is 2. The summed E-state index contributed by atoms with van der Waals surface area (Å²) in [6.07, 6.45) is 1.49. The lowest BCUT2D eigenvalue weighted by atomic mass is 9.61. The Labute approximate surface area is 190 Å². The van der Waals surface area contributed by atoms with Crippen molar-refractivity contribution >= 4 is 22.4 Å². The third-order valence-electron chi connectivity index (χ3n) is 6.96. The maximum atomic E-state index is 14.7. The van der Waals surface area contributed by atoms with Crippen LogP contribution in [0.4, 0.5) is 24.7 Å². The average molecular weight is 458 g/mol. The van der Waals surface area contributed by atoms with Gasteiger partial charge in [0.1, 0.15) is 5.82 Å². The summed E-state index contributed by atoms with van der Waals surface area (Å²) < 4.78 is 46.4. The number of rotatable bonds is 6. The van der Waals surface area contributed by atoms with Gasteiger partial charge in [-0.3, -0.25) is 4.98 Å². The van der Waals surface area contributed by atoms with Crippen LogP contribution in [0.1, 0.15) is 49.1 Å². The van der Waals surface area contributed by atoms with E-state index in [1.165, 1.54) is 12.1 Å². The Morgan fingerprint density at radius 1 is 1.18 bits per heavy atom. The minimum atomic E-state index is -2.88. The monoisotopic (exact) mass is 457 g/mol. The first-order valence-corrected chi connectivity index (χ1v) is 11.0. The number of halogens is 3. The highest BCUT2D eigenvalue weighted by molar-refractivity contribution is 5.92. The molecule has 1 N–H and O–H groups in total. The highest BCUT2D eigenvalue weighted by Gasteiger charge is 2.52. The van der Waals surface area contributed by atoms with E-state index in [4.69, 9.17) is 4.74 Å². The van der Waals surface area contributed by atoms with Crippen LogP contribution in [0.2, 0.25) is 0 Å². The van der Waals surface area contributed by atoms with Gasteiger partial charge in [0.05, 0.1) is 40.8 Å². The number of alkyl halides is 2. The standard InChI is InChI=1S/C24H26F3N5O/c1-13(17-5-4-6-18(20(17)25)22(26)27)29-23-19-7-15(10-28-21(19)14(2)30-31-23)32-11-24(12-32)8-16(9-24)33-3/h4-7,10,13,16,22H,8-9,11-12H2,1-3H3,(H,29,31). The quantitative estimate of drug-likeness (QED) is 0.549. The minimum Gasteiger partial charge on any atom is -0.381 e. The molecular formula is C24H26F3N5O. The second-order valence-corrected chi connectivity index (χ2v) is 9.26. The fraction of sp³-hybridized carbons (Fsp3) is 0.458. The predicted octanol–water partition coefficient (Wildman–Crippen LogP) is 5.20. The van der Waals surface area contributed by atoms with Gasteiger partial charge in [0.15, 0.2) is 5.82 Å². The van der Waals surface area contributed by atoms with Gasteiger partial charge in [-0.1, -0.05) is 18.2 Å². The predicted molar refractivity (Wildman–Crippen MR) is 120 cm³/mol. The zero-order valence-corrected chi connectivity index (χ0v) is 18.8. The molecule has 3 heterocycles. The van der Waals surface area contributed by atoms with Gasteiger partial charge in [0, 0.05) is 36.6 Å². The lowest BCUT2D eigenvalue weighted by Crippen LogP contribution is -2.64. The van der Waals surface area contributed by atoms with E-state index >= 15 is 0 Å². The average Bonchev–Trinajstić information content (AvgIpc) is 2.74. The largest absolute Gasteiger partial charge is 0.381 e. The van der Waals surface area contributed by atoms with Crippen LogP contribution in [0.25, 0.3) is 10.9 Å². The molecule has 2 fully saturated rings. The second-order valence-electron chi connectivity index (χ2n) is 9.26. The van der Waals surface area contributed by atoms with E-state index in [-0.39, 0.29) is 5.56 Å². The Bertz CT molecular complexity index is 1190. The summed E-state index contributed by atoms with van der Waals surface area (Å²) in [5, 5.41) is 12.4. The summed E-state index contributed by atoms with van der Waals surface area (Å²) in [7, 11) is 1.76. The van der Waals surface area contributed by atoms with Crippen LogP contribution in [0, 0.1) is 18.2 Å². The topological polar surface area (TPSA) is 63.2 Å². The number of nitrogens with one attached hydrogen (secondary N) is 1.